The molecule has 216 valence electrons. The van der Waals surface area contributed by atoms with Crippen molar-refractivity contribution in [1.29, 1.82) is 0 Å². The van der Waals surface area contributed by atoms with Crippen molar-refractivity contribution in [3.8, 4) is 0 Å². The van der Waals surface area contributed by atoms with E-state index in [9.17, 15) is 0 Å². The first-order valence-corrected chi connectivity index (χ1v) is 17.7. The Bertz CT molecular complexity index is 792. The molecule has 12 bridgehead atoms. The third kappa shape index (κ3) is 4.92. The van der Waals surface area contributed by atoms with E-state index >= 15 is 0 Å². The summed E-state index contributed by atoms with van der Waals surface area (Å²) in [5.41, 5.74) is 10.8. The van der Waals surface area contributed by atoms with Crippen LogP contribution in [-0.4, -0.2) is 9.86 Å². The Balaban J connectivity index is 0.0000000956. The lowest BCUT2D eigenvalue weighted by atomic mass is 9.43. The van der Waals surface area contributed by atoms with Crippen molar-refractivity contribution in [3.63, 3.8) is 0 Å². The Morgan fingerprint density at radius 3 is 1.08 bits per heavy atom. The summed E-state index contributed by atoms with van der Waals surface area (Å²) in [4.78, 5) is 0. The quantitative estimate of drug-likeness (QED) is 0.281. The molecule has 12 aliphatic carbocycles. The molecule has 0 radical (unpaired) electrons. The van der Waals surface area contributed by atoms with Gasteiger partial charge in [-0.25, -0.2) is 0 Å². The average Bonchev–Trinajstić information content (AvgIpc) is 2.57. The van der Waals surface area contributed by atoms with Crippen LogP contribution in [0.1, 0.15) is 157 Å². The van der Waals surface area contributed by atoms with Crippen LogP contribution in [-0.2, 0) is 0 Å². The molecule has 0 aromatic heterocycles. The second kappa shape index (κ2) is 8.08. The fraction of sp³-hybridized carbons (Fsp3) is 1.00. The highest BCUT2D eigenvalue weighted by Crippen LogP contribution is 2.69. The predicted molar refractivity (Wildman–Crippen MR) is 164 cm³/mol. The fourth-order valence-corrected chi connectivity index (χ4v) is 17.9. The van der Waals surface area contributed by atoms with E-state index in [0.717, 1.165) is 34.5 Å². The molecule has 4 atom stereocenters. The third-order valence-corrected chi connectivity index (χ3v) is 14.8. The molecular weight excluding hydrogens is 526 g/mol. The zero-order valence-electron chi connectivity index (χ0n) is 26.0. The highest BCUT2D eigenvalue weighted by atomic mass is 79.9. The second-order valence-electron chi connectivity index (χ2n) is 20.4. The number of nitrogens with two attached hydrogens (primary N) is 1. The molecule has 0 aromatic rings. The Morgan fingerprint density at radius 2 is 0.763 bits per heavy atom. The van der Waals surface area contributed by atoms with E-state index in [1.807, 2.05) is 0 Å². The van der Waals surface area contributed by atoms with Gasteiger partial charge in [0.15, 0.2) is 0 Å². The normalized spacial score (nSPS) is 63.8. The molecule has 38 heavy (non-hydrogen) atoms. The SMILES string of the molecule is CC12CC3CC(C)(C1)CC(Br)(C3)C2.CC12CC3CC(C)(C1)CC(N)(C3)C2.CC12CC3CC(C1)CC(C)(C3)C2. The lowest BCUT2D eigenvalue weighted by molar-refractivity contribution is -0.104. The summed E-state index contributed by atoms with van der Waals surface area (Å²) in [5, 5.41) is 0. The molecule has 12 fully saturated rings. The first kappa shape index (κ1) is 27.3. The van der Waals surface area contributed by atoms with Crippen LogP contribution < -0.4 is 5.73 Å². The maximum atomic E-state index is 6.49. The van der Waals surface area contributed by atoms with Crippen molar-refractivity contribution in [1.82, 2.24) is 0 Å². The molecule has 0 saturated heterocycles. The molecule has 12 aliphatic rings. The molecule has 0 aliphatic heterocycles. The minimum atomic E-state index is 0.225. The van der Waals surface area contributed by atoms with Gasteiger partial charge >= 0.3 is 0 Å². The van der Waals surface area contributed by atoms with Crippen molar-refractivity contribution in [2.24, 2.45) is 61.9 Å². The summed E-state index contributed by atoms with van der Waals surface area (Å²) in [7, 11) is 0. The minimum Gasteiger partial charge on any atom is -0.325 e. The summed E-state index contributed by atoms with van der Waals surface area (Å²) < 4.78 is 0.538. The van der Waals surface area contributed by atoms with Crippen LogP contribution in [0, 0.1) is 56.2 Å². The van der Waals surface area contributed by atoms with E-state index in [-0.39, 0.29) is 5.54 Å². The van der Waals surface area contributed by atoms with Crippen molar-refractivity contribution < 1.29 is 0 Å². The van der Waals surface area contributed by atoms with Crippen LogP contribution in [0.2, 0.25) is 0 Å². The Hall–Kier alpha value is 0.440. The molecule has 1 nitrogen and oxygen atoms in total. The van der Waals surface area contributed by atoms with Crippen molar-refractivity contribution in [2.45, 2.75) is 167 Å². The van der Waals surface area contributed by atoms with E-state index < -0.39 is 0 Å². The van der Waals surface area contributed by atoms with Crippen LogP contribution in [0.3, 0.4) is 0 Å². The van der Waals surface area contributed by atoms with Gasteiger partial charge in [-0.15, -0.1) is 0 Å². The third-order valence-electron chi connectivity index (χ3n) is 13.9. The lowest BCUT2D eigenvalue weighted by Crippen LogP contribution is -2.62. The number of rotatable bonds is 0. The average molecular weight is 587 g/mol. The number of hydrogen-bond donors (Lipinski definition) is 1. The standard InChI is InChI=1S/C12H19Br.C12H21N.C12H20/c2*1-10-3-9-4-11(2,6-10)8-12(13,5-9)7-10;1-11-4-9-3-10(5-11)7-12(2,6-9)8-11/h9H,3-8H2,1-2H3;9H,3-8,13H2,1-2H3;9-10H,3-8H2,1-2H3. The van der Waals surface area contributed by atoms with Gasteiger partial charge in [-0.2, -0.15) is 0 Å². The van der Waals surface area contributed by atoms with E-state index in [1.54, 1.807) is 32.1 Å². The van der Waals surface area contributed by atoms with E-state index in [2.05, 4.69) is 57.5 Å². The van der Waals surface area contributed by atoms with Gasteiger partial charge < -0.3 is 5.73 Å². The molecule has 4 unspecified atom stereocenters. The summed E-state index contributed by atoms with van der Waals surface area (Å²) in [6, 6.07) is 0. The van der Waals surface area contributed by atoms with Crippen LogP contribution >= 0.6 is 15.9 Å². The number of halogens is 1. The first-order valence-electron chi connectivity index (χ1n) is 16.9. The topological polar surface area (TPSA) is 26.0 Å². The van der Waals surface area contributed by atoms with E-state index in [1.165, 1.54) is 83.5 Å². The van der Waals surface area contributed by atoms with Gasteiger partial charge in [-0.1, -0.05) is 57.5 Å². The zero-order valence-corrected chi connectivity index (χ0v) is 27.6. The highest BCUT2D eigenvalue weighted by molar-refractivity contribution is 9.10. The lowest BCUT2D eigenvalue weighted by Gasteiger charge is -2.64. The molecule has 0 heterocycles. The first-order chi connectivity index (χ1) is 17.4. The summed E-state index contributed by atoms with van der Waals surface area (Å²) in [6.45, 7) is 15.1. The van der Waals surface area contributed by atoms with Crippen LogP contribution in [0.5, 0.6) is 0 Å². The van der Waals surface area contributed by atoms with Gasteiger partial charge in [0, 0.05) is 9.86 Å². The van der Waals surface area contributed by atoms with E-state index in [0.29, 0.717) is 26.0 Å². The summed E-state index contributed by atoms with van der Waals surface area (Å²) in [6.07, 6.45) is 26.4. The largest absolute Gasteiger partial charge is 0.325 e. The summed E-state index contributed by atoms with van der Waals surface area (Å²) in [5.74, 6) is 4.21. The van der Waals surface area contributed by atoms with Gasteiger partial charge in [0.2, 0.25) is 0 Å². The van der Waals surface area contributed by atoms with Gasteiger partial charge in [-0.05, 0) is 172 Å². The minimum absolute atomic E-state index is 0.225. The zero-order chi connectivity index (χ0) is 27.0. The maximum Gasteiger partial charge on any atom is 0.0271 e. The van der Waals surface area contributed by atoms with Crippen LogP contribution in [0.25, 0.3) is 0 Å². The number of hydrogen-bond acceptors (Lipinski definition) is 1. The molecule has 2 N–H and O–H groups in total. The Morgan fingerprint density at radius 1 is 0.421 bits per heavy atom. The van der Waals surface area contributed by atoms with Gasteiger partial charge in [0.25, 0.3) is 0 Å². The molecule has 0 aromatic carbocycles. The van der Waals surface area contributed by atoms with Crippen molar-refractivity contribution in [3.05, 3.63) is 0 Å². The summed E-state index contributed by atoms with van der Waals surface area (Å²) >= 11 is 4.03. The molecule has 12 rings (SSSR count). The second-order valence-corrected chi connectivity index (χ2v) is 22.0. The predicted octanol–water partition coefficient (Wildman–Crippen LogP) is 10.4. The van der Waals surface area contributed by atoms with Crippen molar-refractivity contribution in [2.75, 3.05) is 0 Å². The molecule has 0 spiro atoms. The number of alkyl halides is 1. The van der Waals surface area contributed by atoms with Gasteiger partial charge in [-0.3, -0.25) is 0 Å². The smallest absolute Gasteiger partial charge is 0.0271 e. The van der Waals surface area contributed by atoms with Crippen LogP contribution in [0.15, 0.2) is 0 Å². The highest BCUT2D eigenvalue weighted by Gasteiger charge is 2.60. The molecule has 0 amide bonds. The van der Waals surface area contributed by atoms with Crippen LogP contribution in [0.4, 0.5) is 0 Å². The fourth-order valence-electron chi connectivity index (χ4n) is 16.1. The monoisotopic (exact) mass is 585 g/mol. The Kier molecular flexibility index (Phi) is 5.80. The molecule has 12 saturated carbocycles. The van der Waals surface area contributed by atoms with Gasteiger partial charge in [0.1, 0.15) is 0 Å². The van der Waals surface area contributed by atoms with E-state index in [4.69, 9.17) is 5.73 Å². The molecular formula is C36H60BrN. The van der Waals surface area contributed by atoms with Crippen molar-refractivity contribution >= 4 is 15.9 Å². The van der Waals surface area contributed by atoms with Gasteiger partial charge in [0.05, 0.1) is 0 Å². The molecule has 2 heteroatoms. The Labute approximate surface area is 244 Å². The maximum absolute atomic E-state index is 6.49.